The number of ketones is 1. The van der Waals surface area contributed by atoms with Crippen LogP contribution in [0.15, 0.2) is 60.7 Å². The molecule has 0 aliphatic heterocycles. The van der Waals surface area contributed by atoms with E-state index in [1.54, 1.807) is 0 Å². The first-order valence-electron chi connectivity index (χ1n) is 12.2. The Morgan fingerprint density at radius 1 is 1.06 bits per heavy atom. The van der Waals surface area contributed by atoms with Crippen molar-refractivity contribution in [3.63, 3.8) is 0 Å². The molecule has 5 rings (SSSR count). The third kappa shape index (κ3) is 4.33. The van der Waals surface area contributed by atoms with Gasteiger partial charge in [0.1, 0.15) is 5.78 Å². The molecule has 3 aliphatic carbocycles. The van der Waals surface area contributed by atoms with Gasteiger partial charge in [0, 0.05) is 18.9 Å². The molecule has 0 amide bonds. The first-order chi connectivity index (χ1) is 15.7. The standard InChI is InChI=1S/C28H36O4Si/c1-27(2,3)33(22-11-6-4-7-12-22,23-13-8-5-9-14-23)32-18-10-16-28-17-15-21(25(29)20-28)19-24(28)26(30)31/h4-9,11-14,21,24H,10,15-20H2,1-3H3,(H,30,31). The zero-order valence-electron chi connectivity index (χ0n) is 20.0. The molecule has 3 saturated carbocycles. The van der Waals surface area contributed by atoms with Crippen LogP contribution in [0.1, 0.15) is 59.3 Å². The van der Waals surface area contributed by atoms with Gasteiger partial charge in [0.2, 0.25) is 0 Å². The lowest BCUT2D eigenvalue weighted by Crippen LogP contribution is -2.66. The van der Waals surface area contributed by atoms with Crippen molar-refractivity contribution in [2.75, 3.05) is 6.61 Å². The number of rotatable bonds is 8. The van der Waals surface area contributed by atoms with Crippen molar-refractivity contribution >= 4 is 30.4 Å². The number of carboxylic acids is 1. The van der Waals surface area contributed by atoms with E-state index in [-0.39, 0.29) is 16.7 Å². The number of carbonyl (C=O) groups is 2. The van der Waals surface area contributed by atoms with Crippen LogP contribution in [-0.2, 0) is 14.0 Å². The van der Waals surface area contributed by atoms with Gasteiger partial charge in [-0.2, -0.15) is 0 Å². The predicted octanol–water partition coefficient (Wildman–Crippen LogP) is 4.80. The van der Waals surface area contributed by atoms with E-state index < -0.39 is 25.6 Å². The average Bonchev–Trinajstić information content (AvgIpc) is 2.79. The van der Waals surface area contributed by atoms with E-state index in [0.29, 0.717) is 19.4 Å². The number of hydrogen-bond donors (Lipinski definition) is 1. The summed E-state index contributed by atoms with van der Waals surface area (Å²) in [5.41, 5.74) is -0.396. The highest BCUT2D eigenvalue weighted by atomic mass is 28.4. The molecule has 3 aliphatic rings. The fourth-order valence-corrected chi connectivity index (χ4v) is 11.1. The van der Waals surface area contributed by atoms with Crippen molar-refractivity contribution in [3.8, 4) is 0 Å². The van der Waals surface area contributed by atoms with Gasteiger partial charge in [0.15, 0.2) is 0 Å². The largest absolute Gasteiger partial charge is 0.481 e. The average molecular weight is 465 g/mol. The van der Waals surface area contributed by atoms with E-state index >= 15 is 0 Å². The maximum absolute atomic E-state index is 12.5. The molecule has 33 heavy (non-hydrogen) atoms. The van der Waals surface area contributed by atoms with Crippen molar-refractivity contribution < 1.29 is 19.1 Å². The number of aliphatic carboxylic acids is 1. The second-order valence-corrected chi connectivity index (χ2v) is 15.3. The number of hydrogen-bond acceptors (Lipinski definition) is 3. The van der Waals surface area contributed by atoms with Gasteiger partial charge in [-0.1, -0.05) is 81.4 Å². The normalized spacial score (nSPS) is 25.2. The summed E-state index contributed by atoms with van der Waals surface area (Å²) < 4.78 is 6.99. The molecular weight excluding hydrogens is 428 g/mol. The molecule has 0 radical (unpaired) electrons. The SMILES string of the molecule is CC(C)(C)[Si](OCCCC12CCC(CC1C(=O)O)C(=O)C2)(c1ccccc1)c1ccccc1. The molecule has 2 bridgehead atoms. The highest BCUT2D eigenvalue weighted by Crippen LogP contribution is 2.55. The predicted molar refractivity (Wildman–Crippen MR) is 133 cm³/mol. The minimum absolute atomic E-state index is 0.0404. The highest BCUT2D eigenvalue weighted by molar-refractivity contribution is 6.99. The van der Waals surface area contributed by atoms with Crippen molar-refractivity contribution in [2.45, 2.75) is 64.3 Å². The lowest BCUT2D eigenvalue weighted by molar-refractivity contribution is -0.159. The fourth-order valence-electron chi connectivity index (χ4n) is 6.45. The van der Waals surface area contributed by atoms with Gasteiger partial charge in [-0.3, -0.25) is 9.59 Å². The Morgan fingerprint density at radius 2 is 1.64 bits per heavy atom. The number of benzene rings is 2. The first-order valence-corrected chi connectivity index (χ1v) is 14.1. The molecule has 2 aromatic rings. The summed E-state index contributed by atoms with van der Waals surface area (Å²) in [6, 6.07) is 21.1. The molecule has 5 heteroatoms. The summed E-state index contributed by atoms with van der Waals surface area (Å²) in [7, 11) is -2.60. The van der Waals surface area contributed by atoms with Crippen LogP contribution in [0.3, 0.4) is 0 Å². The molecule has 4 nitrogen and oxygen atoms in total. The van der Waals surface area contributed by atoms with Crippen LogP contribution in [0.5, 0.6) is 0 Å². The molecule has 176 valence electrons. The highest BCUT2D eigenvalue weighted by Gasteiger charge is 2.54. The van der Waals surface area contributed by atoms with Crippen LogP contribution in [0.25, 0.3) is 0 Å². The van der Waals surface area contributed by atoms with Gasteiger partial charge >= 0.3 is 5.97 Å². The van der Waals surface area contributed by atoms with E-state index in [4.69, 9.17) is 4.43 Å². The van der Waals surface area contributed by atoms with Crippen molar-refractivity contribution in [1.82, 2.24) is 0 Å². The molecule has 0 spiro atoms. The van der Waals surface area contributed by atoms with Crippen LogP contribution in [0.4, 0.5) is 0 Å². The van der Waals surface area contributed by atoms with E-state index in [2.05, 4.69) is 69.3 Å². The third-order valence-electron chi connectivity index (χ3n) is 8.08. The molecule has 3 fully saturated rings. The van der Waals surface area contributed by atoms with Crippen molar-refractivity contribution in [1.29, 1.82) is 0 Å². The molecule has 2 aromatic carbocycles. The van der Waals surface area contributed by atoms with Gasteiger partial charge < -0.3 is 9.53 Å². The Hall–Kier alpha value is -2.24. The van der Waals surface area contributed by atoms with Gasteiger partial charge in [0.05, 0.1) is 5.92 Å². The monoisotopic (exact) mass is 464 g/mol. The van der Waals surface area contributed by atoms with Gasteiger partial charge in [0.25, 0.3) is 8.32 Å². The summed E-state index contributed by atoms with van der Waals surface area (Å²) in [4.78, 5) is 24.5. The first kappa shape index (κ1) is 23.9. The van der Waals surface area contributed by atoms with Crippen molar-refractivity contribution in [3.05, 3.63) is 60.7 Å². The fraction of sp³-hybridized carbons (Fsp3) is 0.500. The Balaban J connectivity index is 1.58. The van der Waals surface area contributed by atoms with Crippen LogP contribution in [-0.4, -0.2) is 31.8 Å². The van der Waals surface area contributed by atoms with Crippen LogP contribution >= 0.6 is 0 Å². The maximum atomic E-state index is 12.5. The van der Waals surface area contributed by atoms with Gasteiger partial charge in [-0.25, -0.2) is 0 Å². The molecule has 3 unspecified atom stereocenters. The summed E-state index contributed by atoms with van der Waals surface area (Å²) in [5.74, 6) is -0.907. The number of carboxylic acid groups (broad SMARTS) is 1. The molecular formula is C28H36O4Si. The smallest absolute Gasteiger partial charge is 0.307 e. The Bertz CT molecular complexity index is 942. The van der Waals surface area contributed by atoms with E-state index in [0.717, 1.165) is 25.7 Å². The lowest BCUT2D eigenvalue weighted by atomic mass is 9.53. The maximum Gasteiger partial charge on any atom is 0.307 e. The second kappa shape index (κ2) is 9.19. The van der Waals surface area contributed by atoms with Gasteiger partial charge in [-0.15, -0.1) is 0 Å². The molecule has 0 saturated heterocycles. The third-order valence-corrected chi connectivity index (χ3v) is 13.1. The van der Waals surface area contributed by atoms with Crippen LogP contribution in [0, 0.1) is 17.3 Å². The summed E-state index contributed by atoms with van der Waals surface area (Å²) in [5, 5.41) is 12.3. The van der Waals surface area contributed by atoms with E-state index in [1.807, 2.05) is 12.1 Å². The quantitative estimate of drug-likeness (QED) is 0.450. The molecule has 3 atom stereocenters. The molecule has 0 aromatic heterocycles. The topological polar surface area (TPSA) is 63.6 Å². The number of fused-ring (bicyclic) bond motifs is 3. The summed E-state index contributed by atoms with van der Waals surface area (Å²) in [6.45, 7) is 7.36. The van der Waals surface area contributed by atoms with E-state index in [9.17, 15) is 14.7 Å². The van der Waals surface area contributed by atoms with Crippen molar-refractivity contribution in [2.24, 2.45) is 17.3 Å². The second-order valence-electron chi connectivity index (χ2n) is 11.0. The lowest BCUT2D eigenvalue weighted by Gasteiger charge is -2.50. The summed E-state index contributed by atoms with van der Waals surface area (Å²) in [6.07, 6.45) is 4.14. The van der Waals surface area contributed by atoms with Crippen LogP contribution < -0.4 is 10.4 Å². The molecule has 0 heterocycles. The Kier molecular flexibility index (Phi) is 6.65. The number of Topliss-reactive ketones (excluding diaryl/α,β-unsaturated/α-hetero) is 1. The Morgan fingerprint density at radius 3 is 2.12 bits per heavy atom. The summed E-state index contributed by atoms with van der Waals surface area (Å²) >= 11 is 0. The van der Waals surface area contributed by atoms with E-state index in [1.165, 1.54) is 10.4 Å². The van der Waals surface area contributed by atoms with Crippen LogP contribution in [0.2, 0.25) is 5.04 Å². The zero-order valence-corrected chi connectivity index (χ0v) is 21.0. The minimum atomic E-state index is -2.60. The minimum Gasteiger partial charge on any atom is -0.481 e. The molecule has 1 N–H and O–H groups in total. The van der Waals surface area contributed by atoms with Gasteiger partial charge in [-0.05, 0) is 52.9 Å². The zero-order chi connectivity index (χ0) is 23.7. The Labute approximate surface area is 198 Å². The number of carbonyl (C=O) groups excluding carboxylic acids is 1.